The van der Waals surface area contributed by atoms with E-state index in [0.717, 1.165) is 17.1 Å². The van der Waals surface area contributed by atoms with Crippen LogP contribution in [0.2, 0.25) is 0 Å². The van der Waals surface area contributed by atoms with E-state index in [9.17, 15) is 0 Å². The summed E-state index contributed by atoms with van der Waals surface area (Å²) in [5.41, 5.74) is 36.5. The van der Waals surface area contributed by atoms with Crippen molar-refractivity contribution in [1.29, 1.82) is 0 Å². The highest BCUT2D eigenvalue weighted by Crippen LogP contribution is 2.63. The number of pyridine rings is 3. The number of aryl methyl sites for hydroxylation is 18. The molecule has 0 radical (unpaired) electrons. The van der Waals surface area contributed by atoms with Gasteiger partial charge in [0, 0.05) is 35.7 Å². The van der Waals surface area contributed by atoms with E-state index in [1.165, 1.54) is 150 Å². The lowest BCUT2D eigenvalue weighted by molar-refractivity contribution is 0.791. The molecule has 2 aliphatic rings. The average Bonchev–Trinajstić information content (AvgIpc) is 1.51. The van der Waals surface area contributed by atoms with Gasteiger partial charge in [-0.05, 0) is 248 Å². The molecule has 0 bridgehead atoms. The van der Waals surface area contributed by atoms with Gasteiger partial charge in [-0.25, -0.2) is 0 Å². The zero-order chi connectivity index (χ0) is 72.6. The van der Waals surface area contributed by atoms with E-state index in [0.29, 0.717) is 0 Å². The van der Waals surface area contributed by atoms with E-state index < -0.39 is 0 Å². The fourth-order valence-corrected chi connectivity index (χ4v) is 12.5. The fourth-order valence-electron chi connectivity index (χ4n) is 12.5. The molecule has 0 atom stereocenters. The summed E-state index contributed by atoms with van der Waals surface area (Å²) in [5, 5.41) is 2.75. The number of fused-ring (bicyclic) bond motifs is 11. The highest BCUT2D eigenvalue weighted by Gasteiger charge is 2.51. The van der Waals surface area contributed by atoms with Crippen LogP contribution < -0.4 is 0 Å². The van der Waals surface area contributed by atoms with E-state index >= 15 is 0 Å². The van der Waals surface area contributed by atoms with Crippen molar-refractivity contribution in [2.75, 3.05) is 0 Å². The van der Waals surface area contributed by atoms with Crippen LogP contribution in [0.4, 0.5) is 0 Å². The first-order valence-electron chi connectivity index (χ1n) is 35.3. The Morgan fingerprint density at radius 1 is 0.208 bits per heavy atom. The van der Waals surface area contributed by atoms with Gasteiger partial charge in [0.25, 0.3) is 0 Å². The minimum absolute atomic E-state index is 0.199. The predicted molar refractivity (Wildman–Crippen MR) is 436 cm³/mol. The van der Waals surface area contributed by atoms with E-state index in [2.05, 4.69) is 353 Å². The number of aromatic nitrogens is 3. The molecule has 0 amide bonds. The minimum atomic E-state index is -0.199. The van der Waals surface area contributed by atoms with Gasteiger partial charge in [-0.15, -0.1) is 0 Å². The number of hydrogen-bond acceptors (Lipinski definition) is 3. The minimum Gasteiger partial charge on any atom is -0.264 e. The molecule has 101 heavy (non-hydrogen) atoms. The molecule has 3 heterocycles. The van der Waals surface area contributed by atoms with Gasteiger partial charge < -0.3 is 0 Å². The Bertz CT molecular complexity index is 4490. The first kappa shape index (κ1) is 75.9. The monoisotopic (exact) mass is 1320 g/mol. The van der Waals surface area contributed by atoms with Gasteiger partial charge in [0.2, 0.25) is 0 Å². The zero-order valence-corrected chi connectivity index (χ0v) is 63.1. The van der Waals surface area contributed by atoms with Crippen LogP contribution in [0.5, 0.6) is 0 Å². The first-order valence-corrected chi connectivity index (χ1v) is 35.3. The molecule has 16 rings (SSSR count). The Morgan fingerprint density at radius 3 is 0.881 bits per heavy atom. The first-order chi connectivity index (χ1) is 48.5. The Balaban J connectivity index is 0.000000152. The molecule has 0 saturated heterocycles. The maximum Gasteiger partial charge on any atom is 0.0725 e. The van der Waals surface area contributed by atoms with Crippen LogP contribution in [0.1, 0.15) is 123 Å². The summed E-state index contributed by atoms with van der Waals surface area (Å²) >= 11 is 0. The third-order valence-electron chi connectivity index (χ3n) is 18.1. The van der Waals surface area contributed by atoms with Crippen molar-refractivity contribution >= 4 is 10.8 Å². The summed E-state index contributed by atoms with van der Waals surface area (Å²) in [7, 11) is 0. The summed E-state index contributed by atoms with van der Waals surface area (Å²) < 4.78 is 0. The third-order valence-corrected chi connectivity index (χ3v) is 18.1. The van der Waals surface area contributed by atoms with Crippen molar-refractivity contribution in [3.05, 3.63) is 420 Å². The zero-order valence-electron chi connectivity index (χ0n) is 63.1. The van der Waals surface area contributed by atoms with Crippen molar-refractivity contribution in [2.24, 2.45) is 0 Å². The SMILES string of the molecule is Cc1ccc(-c2ccc(C)cc2)cc1.Cc1ccc(C)c2ccccc12.Cc1ccc(C)cc1.Cc1ccc(C)nc1.Cc1ccc2c(c1)C1(c3ccccc3-c3ccccc31)c1cc(C)ccc1-2.Cc1cccc(C)c1.Cc1cccc(C)n1.Cc1ccccc1C.Cc1cncc(C)c1. The average molecular weight is 1320 g/mol. The van der Waals surface area contributed by atoms with E-state index in [1.807, 2.05) is 84.4 Å². The van der Waals surface area contributed by atoms with Gasteiger partial charge in [-0.1, -0.05) is 305 Å². The van der Waals surface area contributed by atoms with E-state index in [1.54, 1.807) is 0 Å². The third kappa shape index (κ3) is 21.3. The maximum atomic E-state index is 4.17. The fraction of sp³-hybridized carbons (Fsp3) is 0.194. The summed E-state index contributed by atoms with van der Waals surface area (Å²) in [5.74, 6) is 0. The van der Waals surface area contributed by atoms with Crippen molar-refractivity contribution in [3.63, 3.8) is 0 Å². The molecule has 3 heteroatoms. The van der Waals surface area contributed by atoms with Gasteiger partial charge >= 0.3 is 0 Å². The topological polar surface area (TPSA) is 38.7 Å². The maximum absolute atomic E-state index is 4.17. The summed E-state index contributed by atoms with van der Waals surface area (Å²) in [6.45, 7) is 37.7. The summed E-state index contributed by atoms with van der Waals surface area (Å²) in [6.07, 6.45) is 5.58. The number of hydrogen-bond donors (Lipinski definition) is 0. The highest BCUT2D eigenvalue weighted by atomic mass is 14.7. The molecule has 510 valence electrons. The second-order valence-corrected chi connectivity index (χ2v) is 27.3. The summed E-state index contributed by atoms with van der Waals surface area (Å²) in [6, 6.07) is 99.5. The van der Waals surface area contributed by atoms with Crippen molar-refractivity contribution in [3.8, 4) is 33.4 Å². The molecule has 11 aromatic carbocycles. The van der Waals surface area contributed by atoms with Gasteiger partial charge in [-0.2, -0.15) is 0 Å². The molecular formula is C98H103N3. The Hall–Kier alpha value is -10.9. The normalized spacial score (nSPS) is 11.0. The van der Waals surface area contributed by atoms with Crippen LogP contribution in [0.25, 0.3) is 44.2 Å². The van der Waals surface area contributed by atoms with Crippen LogP contribution in [0, 0.1) is 125 Å². The molecule has 0 aliphatic heterocycles. The van der Waals surface area contributed by atoms with Gasteiger partial charge in [-0.3, -0.25) is 15.0 Å². The molecule has 14 aromatic rings. The van der Waals surface area contributed by atoms with Crippen LogP contribution in [-0.2, 0) is 5.41 Å². The summed E-state index contributed by atoms with van der Waals surface area (Å²) in [4.78, 5) is 12.2. The van der Waals surface area contributed by atoms with Crippen molar-refractivity contribution < 1.29 is 0 Å². The van der Waals surface area contributed by atoms with Crippen LogP contribution >= 0.6 is 0 Å². The quantitative estimate of drug-likeness (QED) is 0.164. The number of rotatable bonds is 1. The van der Waals surface area contributed by atoms with Gasteiger partial charge in [0.15, 0.2) is 0 Å². The van der Waals surface area contributed by atoms with Crippen LogP contribution in [0.3, 0.4) is 0 Å². The molecule has 1 spiro atoms. The van der Waals surface area contributed by atoms with E-state index in [4.69, 9.17) is 0 Å². The predicted octanol–water partition coefficient (Wildman–Crippen LogP) is 26.1. The second-order valence-electron chi connectivity index (χ2n) is 27.3. The number of nitrogens with zero attached hydrogens (tertiary/aromatic N) is 3. The molecular weight excluding hydrogens is 1220 g/mol. The number of benzene rings is 11. The largest absolute Gasteiger partial charge is 0.264 e. The molecule has 3 nitrogen and oxygen atoms in total. The Labute approximate surface area is 605 Å². The lowest BCUT2D eigenvalue weighted by Gasteiger charge is -2.30. The van der Waals surface area contributed by atoms with Gasteiger partial charge in [0.05, 0.1) is 5.41 Å². The molecule has 0 unspecified atom stereocenters. The standard InChI is InChI=1S/C27H20.C14H14.C12H12.3C8H10.3C7H9N/c1-17-11-13-21-22-14-12-18(2)16-26(22)27(25(21)15-17)23-9-5-3-7-19(23)20-8-4-6-10-24(20)27;1-11-3-7-13(8-4-11)14-9-5-12(2)6-10-14;1-9-7-8-10(2)12-6-4-3-5-11(9)12;1-7-3-5-8(2)6-4-7;1-7-4-3-5-8(2)6-7;1-7-5-3-4-6-8(7)2;1-6-3-7(2)5-8-4-6;1-6-3-4-7(2)8-5-6;1-6-4-3-5-7(2)8-6/h3-16H,1-2H3;3-10H,1-2H3;3-8H,1-2H3;3*3-6H,1-2H3;3*3-5H,1-2H3. The van der Waals surface area contributed by atoms with Gasteiger partial charge in [0.1, 0.15) is 0 Å². The lowest BCUT2D eigenvalue weighted by atomic mass is 9.70. The van der Waals surface area contributed by atoms with Crippen molar-refractivity contribution in [2.45, 2.75) is 130 Å². The Kier molecular flexibility index (Phi) is 27.7. The molecule has 0 fully saturated rings. The Morgan fingerprint density at radius 2 is 0.545 bits per heavy atom. The molecule has 0 N–H and O–H groups in total. The van der Waals surface area contributed by atoms with Crippen molar-refractivity contribution in [1.82, 2.24) is 15.0 Å². The smallest absolute Gasteiger partial charge is 0.0725 e. The molecule has 2 aliphatic carbocycles. The van der Waals surface area contributed by atoms with Crippen LogP contribution in [0.15, 0.2) is 298 Å². The lowest BCUT2D eigenvalue weighted by Crippen LogP contribution is -2.26. The molecule has 3 aromatic heterocycles. The second kappa shape index (κ2) is 36.8. The highest BCUT2D eigenvalue weighted by molar-refractivity contribution is 5.95. The van der Waals surface area contributed by atoms with Crippen LogP contribution in [-0.4, -0.2) is 15.0 Å². The molecule has 0 saturated carbocycles. The van der Waals surface area contributed by atoms with E-state index in [-0.39, 0.29) is 5.41 Å².